The Morgan fingerprint density at radius 1 is 1.09 bits per heavy atom. The van der Waals surface area contributed by atoms with Gasteiger partial charge in [-0.1, -0.05) is 36.4 Å². The number of nitrogens with one attached hydrogen (secondary N) is 1. The first-order chi connectivity index (χ1) is 15.1. The van der Waals surface area contributed by atoms with Crippen LogP contribution in [-0.2, 0) is 29.0 Å². The van der Waals surface area contributed by atoms with Crippen LogP contribution in [0.2, 0.25) is 0 Å². The number of aromatic carboxylic acids is 1. The van der Waals surface area contributed by atoms with Crippen LogP contribution >= 0.6 is 0 Å². The Morgan fingerprint density at radius 2 is 1.66 bits per heavy atom. The molecule has 0 saturated heterocycles. The molecule has 1 amide bonds. The Labute approximate surface area is 185 Å². The molecule has 0 saturated carbocycles. The van der Waals surface area contributed by atoms with Crippen molar-refractivity contribution < 1.29 is 39.8 Å². The summed E-state index contributed by atoms with van der Waals surface area (Å²) in [5.41, 5.74) is 1.78. The van der Waals surface area contributed by atoms with Gasteiger partial charge in [-0.3, -0.25) is 9.59 Å². The molecule has 6 N–H and O–H groups in total. The number of phenols is 1. The fraction of sp³-hybridized carbons (Fsp3) is 0.286. The number of rotatable bonds is 9. The van der Waals surface area contributed by atoms with Crippen molar-refractivity contribution in [2.24, 2.45) is 0 Å². The molecule has 0 aliphatic rings. The van der Waals surface area contributed by atoms with Crippen LogP contribution in [0.5, 0.6) is 5.75 Å². The minimum atomic E-state index is -1.88. The van der Waals surface area contributed by atoms with E-state index in [9.17, 15) is 24.7 Å². The summed E-state index contributed by atoms with van der Waals surface area (Å²) in [6.07, 6.45) is -0.0925. The van der Waals surface area contributed by atoms with Crippen molar-refractivity contribution >= 4 is 25.5 Å². The Bertz CT molecular complexity index is 903. The Balaban J connectivity index is 0.00000161. The van der Waals surface area contributed by atoms with Crippen LogP contribution in [0.15, 0.2) is 42.5 Å². The second kappa shape index (κ2) is 13.1. The van der Waals surface area contributed by atoms with Crippen molar-refractivity contribution in [3.8, 4) is 5.75 Å². The van der Waals surface area contributed by atoms with Crippen molar-refractivity contribution in [3.05, 3.63) is 64.7 Å². The molecule has 1 atom stereocenters. The largest absolute Gasteiger partial charge is 0.507 e. The first-order valence-electron chi connectivity index (χ1n) is 9.59. The van der Waals surface area contributed by atoms with Gasteiger partial charge < -0.3 is 35.6 Å². The van der Waals surface area contributed by atoms with Gasteiger partial charge >= 0.3 is 13.1 Å². The van der Waals surface area contributed by atoms with Gasteiger partial charge in [0, 0.05) is 6.54 Å². The minimum Gasteiger partial charge on any atom is -0.507 e. The summed E-state index contributed by atoms with van der Waals surface area (Å²) < 4.78 is 0. The molecule has 0 spiro atoms. The van der Waals surface area contributed by atoms with E-state index in [2.05, 4.69) is 5.32 Å². The van der Waals surface area contributed by atoms with Crippen molar-refractivity contribution in [1.82, 2.24) is 10.2 Å². The third-order valence-corrected chi connectivity index (χ3v) is 4.38. The fourth-order valence-electron chi connectivity index (χ4n) is 2.97. The van der Waals surface area contributed by atoms with Crippen LogP contribution in [0, 0.1) is 0 Å². The molecule has 2 aromatic carbocycles. The molecule has 2 aromatic rings. The highest BCUT2D eigenvalue weighted by molar-refractivity contribution is 6.43. The lowest BCUT2D eigenvalue weighted by Gasteiger charge is -2.19. The van der Waals surface area contributed by atoms with Crippen LogP contribution in [0.1, 0.15) is 27.0 Å². The summed E-state index contributed by atoms with van der Waals surface area (Å²) in [6, 6.07) is 11.7. The number of benzene rings is 2. The van der Waals surface area contributed by atoms with Gasteiger partial charge in [-0.25, -0.2) is 4.79 Å². The van der Waals surface area contributed by atoms with Crippen molar-refractivity contribution in [1.29, 1.82) is 0 Å². The molecule has 10 nitrogen and oxygen atoms in total. The summed E-state index contributed by atoms with van der Waals surface area (Å²) in [7, 11) is 2.05. The second-order valence-corrected chi connectivity index (χ2v) is 7.25. The van der Waals surface area contributed by atoms with E-state index in [0.717, 1.165) is 17.7 Å². The number of hydrogen-bond acceptors (Lipinski definition) is 7. The number of carboxylic acid groups (broad SMARTS) is 2. The van der Waals surface area contributed by atoms with Gasteiger partial charge in [-0.2, -0.15) is 0 Å². The topological polar surface area (TPSA) is 168 Å². The third-order valence-electron chi connectivity index (χ3n) is 4.38. The van der Waals surface area contributed by atoms with Gasteiger partial charge in [0.25, 0.3) is 6.47 Å². The van der Waals surface area contributed by atoms with E-state index in [1.54, 1.807) is 0 Å². The standard InChI is InChI=1S/C20H25BN2O6.CH2O2/c1-23(2)12-14-8-6-13(7-9-14)10-18(24)22-17(21(28)29)11-15-4-3-5-16(19(15)25)20(26)27;2-1-3/h3-9,17,25,28-29H,10-12H2,1-2H3,(H,22,24)(H,26,27);1H,(H,2,3)/t17-;/m0./s1. The smallest absolute Gasteiger partial charge is 0.475 e. The summed E-state index contributed by atoms with van der Waals surface area (Å²) in [5, 5.41) is 47.8. The quantitative estimate of drug-likeness (QED) is 0.232. The number of para-hydroxylation sites is 1. The SMILES string of the molecule is CN(C)Cc1ccc(CC(=O)N[C@@H](Cc2cccc(C(=O)O)c2O)B(O)O)cc1.O=CO. The normalized spacial score (nSPS) is 11.2. The summed E-state index contributed by atoms with van der Waals surface area (Å²) in [4.78, 5) is 33.9. The Kier molecular flexibility index (Phi) is 10.9. The zero-order valence-corrected chi connectivity index (χ0v) is 17.8. The van der Waals surface area contributed by atoms with E-state index >= 15 is 0 Å². The number of carbonyl (C=O) groups excluding carboxylic acids is 1. The molecule has 0 radical (unpaired) electrons. The van der Waals surface area contributed by atoms with E-state index in [1.165, 1.54) is 18.2 Å². The molecule has 2 rings (SSSR count). The Hall–Kier alpha value is -3.41. The number of carboxylic acids is 1. The molecule has 0 fully saturated rings. The molecule has 0 heterocycles. The molecule has 11 heteroatoms. The van der Waals surface area contributed by atoms with Gasteiger partial charge in [-0.15, -0.1) is 0 Å². The van der Waals surface area contributed by atoms with Gasteiger partial charge in [0.05, 0.1) is 12.4 Å². The molecular weight excluding hydrogens is 419 g/mol. The minimum absolute atomic E-state index is 0.0482. The van der Waals surface area contributed by atoms with Crippen LogP contribution in [-0.4, -0.2) is 75.8 Å². The lowest BCUT2D eigenvalue weighted by Crippen LogP contribution is -2.48. The van der Waals surface area contributed by atoms with Crippen LogP contribution < -0.4 is 5.32 Å². The molecular formula is C21H27BN2O8. The van der Waals surface area contributed by atoms with Gasteiger partial charge in [0.1, 0.15) is 11.3 Å². The van der Waals surface area contributed by atoms with Crippen LogP contribution in [0.25, 0.3) is 0 Å². The Morgan fingerprint density at radius 3 is 2.16 bits per heavy atom. The molecule has 0 aromatic heterocycles. The number of hydrogen-bond donors (Lipinski definition) is 6. The fourth-order valence-corrected chi connectivity index (χ4v) is 2.97. The van der Waals surface area contributed by atoms with Gasteiger partial charge in [-0.05, 0) is 43.3 Å². The number of carbonyl (C=O) groups is 3. The van der Waals surface area contributed by atoms with Gasteiger partial charge in [0.15, 0.2) is 0 Å². The van der Waals surface area contributed by atoms with E-state index in [1.807, 2.05) is 43.3 Å². The molecule has 0 unspecified atom stereocenters. The molecule has 0 aliphatic heterocycles. The average Bonchev–Trinajstić information content (AvgIpc) is 2.70. The zero-order chi connectivity index (χ0) is 24.3. The summed E-state index contributed by atoms with van der Waals surface area (Å²) in [6.45, 7) is 0.532. The molecule has 0 bridgehead atoms. The van der Waals surface area contributed by atoms with Crippen molar-refractivity contribution in [2.75, 3.05) is 14.1 Å². The monoisotopic (exact) mass is 446 g/mol. The molecule has 32 heavy (non-hydrogen) atoms. The third kappa shape index (κ3) is 8.76. The van der Waals surface area contributed by atoms with Crippen molar-refractivity contribution in [3.63, 3.8) is 0 Å². The van der Waals surface area contributed by atoms with E-state index in [4.69, 9.17) is 15.0 Å². The summed E-state index contributed by atoms with van der Waals surface area (Å²) in [5.74, 6) is -3.29. The second-order valence-electron chi connectivity index (χ2n) is 7.25. The highest BCUT2D eigenvalue weighted by Gasteiger charge is 2.27. The predicted octanol–water partition coefficient (Wildman–Crippen LogP) is 0.135. The van der Waals surface area contributed by atoms with Gasteiger partial charge in [0.2, 0.25) is 5.91 Å². The predicted molar refractivity (Wildman–Crippen MR) is 117 cm³/mol. The maximum atomic E-state index is 12.3. The maximum Gasteiger partial charge on any atom is 0.475 e. The van der Waals surface area contributed by atoms with E-state index < -0.39 is 30.7 Å². The number of aromatic hydroxyl groups is 1. The van der Waals surface area contributed by atoms with Crippen LogP contribution in [0.4, 0.5) is 0 Å². The van der Waals surface area contributed by atoms with Crippen molar-refractivity contribution in [2.45, 2.75) is 25.3 Å². The molecule has 172 valence electrons. The first-order valence-corrected chi connectivity index (χ1v) is 9.59. The zero-order valence-electron chi connectivity index (χ0n) is 17.8. The molecule has 0 aliphatic carbocycles. The number of amides is 1. The maximum absolute atomic E-state index is 12.3. The lowest BCUT2D eigenvalue weighted by molar-refractivity contribution is -0.123. The number of nitrogens with zero attached hydrogens (tertiary/aromatic N) is 1. The van der Waals surface area contributed by atoms with Crippen LogP contribution in [0.3, 0.4) is 0 Å². The lowest BCUT2D eigenvalue weighted by atomic mass is 9.75. The average molecular weight is 446 g/mol. The van der Waals surface area contributed by atoms with E-state index in [0.29, 0.717) is 0 Å². The van der Waals surface area contributed by atoms with E-state index in [-0.39, 0.29) is 30.4 Å². The first kappa shape index (κ1) is 26.6. The highest BCUT2D eigenvalue weighted by atomic mass is 16.4. The summed E-state index contributed by atoms with van der Waals surface area (Å²) >= 11 is 0. The highest BCUT2D eigenvalue weighted by Crippen LogP contribution is 2.24.